The summed E-state index contributed by atoms with van der Waals surface area (Å²) in [6.07, 6.45) is 0. The van der Waals surface area contributed by atoms with Gasteiger partial charge in [0, 0.05) is 24.3 Å². The van der Waals surface area contributed by atoms with Crippen molar-refractivity contribution < 1.29 is 38.2 Å². The minimum absolute atomic E-state index is 0.0240. The zero-order valence-electron chi connectivity index (χ0n) is 16.7. The van der Waals surface area contributed by atoms with Crippen molar-refractivity contribution in [3.05, 3.63) is 46.0 Å². The summed E-state index contributed by atoms with van der Waals surface area (Å²) in [7, 11) is 5.54. The summed E-state index contributed by atoms with van der Waals surface area (Å²) in [5.74, 6) is -0.562. The average molecular weight is 420 g/mol. The summed E-state index contributed by atoms with van der Waals surface area (Å²) >= 11 is 0. The predicted molar refractivity (Wildman–Crippen MR) is 105 cm³/mol. The van der Waals surface area contributed by atoms with E-state index in [1.165, 1.54) is 52.7 Å². The Balaban J connectivity index is 2.13. The summed E-state index contributed by atoms with van der Waals surface area (Å²) in [6.45, 7) is -0.651. The summed E-state index contributed by atoms with van der Waals surface area (Å²) in [5.41, 5.74) is -0.148. The first-order valence-electron chi connectivity index (χ1n) is 8.44. The monoisotopic (exact) mass is 420 g/mol. The minimum Gasteiger partial charge on any atom is -0.496 e. The lowest BCUT2D eigenvalue weighted by molar-refractivity contribution is -0.384. The van der Waals surface area contributed by atoms with Gasteiger partial charge in [-0.25, -0.2) is 4.79 Å². The zero-order chi connectivity index (χ0) is 22.3. The van der Waals surface area contributed by atoms with Crippen LogP contribution in [0.4, 0.5) is 11.4 Å². The zero-order valence-corrected chi connectivity index (χ0v) is 16.7. The molecule has 0 unspecified atom stereocenters. The number of carbonyl (C=O) groups is 2. The van der Waals surface area contributed by atoms with Gasteiger partial charge in [-0.3, -0.25) is 14.9 Å². The minimum atomic E-state index is -0.839. The van der Waals surface area contributed by atoms with E-state index in [0.29, 0.717) is 5.75 Å². The van der Waals surface area contributed by atoms with Crippen molar-refractivity contribution in [1.82, 2.24) is 0 Å². The number of ether oxygens (including phenoxy) is 5. The van der Waals surface area contributed by atoms with Crippen LogP contribution in [0.3, 0.4) is 0 Å². The molecule has 0 saturated carbocycles. The Kier molecular flexibility index (Phi) is 7.39. The first-order chi connectivity index (χ1) is 14.3. The molecule has 0 atom stereocenters. The number of nitro benzene ring substituents is 1. The van der Waals surface area contributed by atoms with E-state index in [1.807, 2.05) is 0 Å². The van der Waals surface area contributed by atoms with Crippen LogP contribution in [-0.4, -0.2) is 51.8 Å². The van der Waals surface area contributed by atoms with Crippen LogP contribution in [0.25, 0.3) is 0 Å². The topological polar surface area (TPSA) is 135 Å². The van der Waals surface area contributed by atoms with Crippen LogP contribution in [0.2, 0.25) is 0 Å². The number of nitrogens with zero attached hydrogens (tertiary/aromatic N) is 1. The Morgan fingerprint density at radius 3 is 2.07 bits per heavy atom. The quantitative estimate of drug-likeness (QED) is 0.368. The number of hydrogen-bond acceptors (Lipinski definition) is 9. The Labute approximate surface area is 171 Å². The largest absolute Gasteiger partial charge is 0.496 e. The molecule has 160 valence electrons. The van der Waals surface area contributed by atoms with Crippen LogP contribution in [-0.2, 0) is 9.53 Å². The smallest absolute Gasteiger partial charge is 0.342 e. The second kappa shape index (κ2) is 9.96. The van der Waals surface area contributed by atoms with Crippen LogP contribution in [0, 0.1) is 10.1 Å². The normalized spacial score (nSPS) is 10.0. The maximum absolute atomic E-state index is 12.4. The van der Waals surface area contributed by atoms with Crippen LogP contribution < -0.4 is 24.3 Å². The molecule has 30 heavy (non-hydrogen) atoms. The van der Waals surface area contributed by atoms with Crippen molar-refractivity contribution >= 4 is 23.3 Å². The Morgan fingerprint density at radius 2 is 1.50 bits per heavy atom. The highest BCUT2D eigenvalue weighted by Gasteiger charge is 2.20. The number of anilines is 1. The molecule has 0 aliphatic heterocycles. The van der Waals surface area contributed by atoms with E-state index in [-0.39, 0.29) is 34.2 Å². The molecule has 2 aromatic carbocycles. The van der Waals surface area contributed by atoms with E-state index in [4.69, 9.17) is 23.7 Å². The molecule has 0 bridgehead atoms. The number of esters is 1. The Morgan fingerprint density at radius 1 is 0.900 bits per heavy atom. The molecule has 0 saturated heterocycles. The van der Waals surface area contributed by atoms with E-state index in [0.717, 1.165) is 6.07 Å². The Hall–Kier alpha value is -4.02. The summed E-state index contributed by atoms with van der Waals surface area (Å²) in [6, 6.07) is 6.52. The third-order valence-corrected chi connectivity index (χ3v) is 3.93. The number of rotatable bonds is 9. The summed E-state index contributed by atoms with van der Waals surface area (Å²) in [5, 5.41) is 13.3. The second-order valence-corrected chi connectivity index (χ2v) is 5.67. The number of benzene rings is 2. The maximum atomic E-state index is 12.4. The number of carbonyl (C=O) groups excluding carboxylic acids is 2. The number of nitrogens with one attached hydrogen (secondary N) is 1. The number of non-ortho nitro benzene ring substituents is 1. The van der Waals surface area contributed by atoms with Gasteiger partial charge in [0.2, 0.25) is 0 Å². The van der Waals surface area contributed by atoms with Crippen LogP contribution in [0.15, 0.2) is 30.3 Å². The SMILES string of the molecule is COc1ccc([N+](=O)[O-])cc1NC(=O)COC(=O)c1cc(OC)c(OC)cc1OC. The predicted octanol–water partition coefficient (Wildman–Crippen LogP) is 2.42. The average Bonchev–Trinajstić information content (AvgIpc) is 2.76. The van der Waals surface area contributed by atoms with Gasteiger partial charge < -0.3 is 29.0 Å². The molecule has 0 aliphatic carbocycles. The third-order valence-electron chi connectivity index (χ3n) is 3.93. The van der Waals surface area contributed by atoms with Gasteiger partial charge in [0.15, 0.2) is 18.1 Å². The molecular weight excluding hydrogens is 400 g/mol. The first-order valence-corrected chi connectivity index (χ1v) is 8.44. The molecule has 1 N–H and O–H groups in total. The van der Waals surface area contributed by atoms with E-state index in [2.05, 4.69) is 5.32 Å². The molecule has 11 nitrogen and oxygen atoms in total. The molecule has 11 heteroatoms. The van der Waals surface area contributed by atoms with Crippen molar-refractivity contribution in [3.8, 4) is 23.0 Å². The van der Waals surface area contributed by atoms with E-state index < -0.39 is 23.4 Å². The van der Waals surface area contributed by atoms with Crippen molar-refractivity contribution in [2.75, 3.05) is 40.4 Å². The molecule has 2 rings (SSSR count). The van der Waals surface area contributed by atoms with Crippen LogP contribution in [0.1, 0.15) is 10.4 Å². The fourth-order valence-corrected chi connectivity index (χ4v) is 2.49. The highest BCUT2D eigenvalue weighted by molar-refractivity contribution is 5.98. The second-order valence-electron chi connectivity index (χ2n) is 5.67. The summed E-state index contributed by atoms with van der Waals surface area (Å²) < 4.78 is 25.5. The third kappa shape index (κ3) is 5.07. The van der Waals surface area contributed by atoms with Gasteiger partial charge in [-0.15, -0.1) is 0 Å². The number of hydrogen-bond donors (Lipinski definition) is 1. The van der Waals surface area contributed by atoms with Crippen molar-refractivity contribution in [1.29, 1.82) is 0 Å². The first kappa shape index (κ1) is 22.3. The molecule has 0 heterocycles. The van der Waals surface area contributed by atoms with Crippen LogP contribution >= 0.6 is 0 Å². The summed E-state index contributed by atoms with van der Waals surface area (Å²) in [4.78, 5) is 34.9. The lowest BCUT2D eigenvalue weighted by atomic mass is 10.1. The highest BCUT2D eigenvalue weighted by atomic mass is 16.6. The van der Waals surface area contributed by atoms with Gasteiger partial charge in [-0.05, 0) is 6.07 Å². The van der Waals surface area contributed by atoms with Crippen molar-refractivity contribution in [3.63, 3.8) is 0 Å². The van der Waals surface area contributed by atoms with Gasteiger partial charge in [0.25, 0.3) is 11.6 Å². The Bertz CT molecular complexity index is 959. The van der Waals surface area contributed by atoms with Gasteiger partial charge in [-0.2, -0.15) is 0 Å². The van der Waals surface area contributed by atoms with Crippen molar-refractivity contribution in [2.24, 2.45) is 0 Å². The fourth-order valence-electron chi connectivity index (χ4n) is 2.49. The lowest BCUT2D eigenvalue weighted by Gasteiger charge is -2.14. The molecule has 0 aliphatic rings. The van der Waals surface area contributed by atoms with Crippen LogP contribution in [0.5, 0.6) is 23.0 Å². The number of methoxy groups -OCH3 is 4. The number of amides is 1. The van der Waals surface area contributed by atoms with Gasteiger partial charge in [0.05, 0.1) is 39.0 Å². The molecule has 1 amide bonds. The molecular formula is C19H20N2O9. The fraction of sp³-hybridized carbons (Fsp3) is 0.263. The molecule has 0 aromatic heterocycles. The van der Waals surface area contributed by atoms with E-state index in [1.54, 1.807) is 0 Å². The van der Waals surface area contributed by atoms with Gasteiger partial charge >= 0.3 is 5.97 Å². The molecule has 2 aromatic rings. The van der Waals surface area contributed by atoms with Crippen molar-refractivity contribution in [2.45, 2.75) is 0 Å². The number of nitro groups is 1. The standard InChI is InChI=1S/C19H20N2O9/c1-26-14-6-5-11(21(24)25)7-13(14)20-18(22)10-30-19(23)12-8-16(28-3)17(29-4)9-15(12)27-2/h5-9H,10H2,1-4H3,(H,20,22). The lowest BCUT2D eigenvalue weighted by Crippen LogP contribution is -2.21. The highest BCUT2D eigenvalue weighted by Crippen LogP contribution is 2.35. The molecule has 0 fully saturated rings. The molecule has 0 radical (unpaired) electrons. The maximum Gasteiger partial charge on any atom is 0.342 e. The van der Waals surface area contributed by atoms with E-state index in [9.17, 15) is 19.7 Å². The van der Waals surface area contributed by atoms with E-state index >= 15 is 0 Å². The van der Waals surface area contributed by atoms with Gasteiger partial charge in [0.1, 0.15) is 17.1 Å². The molecule has 0 spiro atoms. The van der Waals surface area contributed by atoms with Gasteiger partial charge in [-0.1, -0.05) is 0 Å².